The Labute approximate surface area is 172 Å². The van der Waals surface area contributed by atoms with Crippen LogP contribution in [0.15, 0.2) is 23.2 Å². The summed E-state index contributed by atoms with van der Waals surface area (Å²) >= 11 is 0. The minimum atomic E-state index is -0.342. The Morgan fingerprint density at radius 2 is 2.08 bits per heavy atom. The number of carbonyl (C=O) groups excluding carboxylic acids is 1. The lowest BCUT2D eigenvalue weighted by Crippen LogP contribution is -2.34. The second-order valence-corrected chi connectivity index (χ2v) is 7.06. The normalized spacial score (nSPS) is 22.3. The van der Waals surface area contributed by atoms with E-state index in [-0.39, 0.29) is 42.1 Å². The van der Waals surface area contributed by atoms with Crippen molar-refractivity contribution in [2.45, 2.75) is 50.7 Å². The van der Waals surface area contributed by atoms with E-state index in [1.165, 1.54) is 24.0 Å². The Kier molecular flexibility index (Phi) is 7.69. The lowest BCUT2D eigenvalue weighted by Gasteiger charge is -2.20. The van der Waals surface area contributed by atoms with Crippen LogP contribution < -0.4 is 11.1 Å². The predicted molar refractivity (Wildman–Crippen MR) is 115 cm³/mol. The summed E-state index contributed by atoms with van der Waals surface area (Å²) in [5.74, 6) is 0.429. The van der Waals surface area contributed by atoms with E-state index < -0.39 is 0 Å². The van der Waals surface area contributed by atoms with Crippen LogP contribution in [0, 0.1) is 0 Å². The van der Waals surface area contributed by atoms with Crippen LogP contribution in [-0.2, 0) is 22.4 Å². The van der Waals surface area contributed by atoms with Crippen molar-refractivity contribution in [2.24, 2.45) is 10.7 Å². The lowest BCUT2D eigenvalue weighted by molar-refractivity contribution is -0.140. The van der Waals surface area contributed by atoms with Crippen molar-refractivity contribution >= 4 is 41.5 Å². The molecule has 1 amide bonds. The largest absolute Gasteiger partial charge is 0.370 e. The number of aryl methyl sites for hydroxylation is 1. The van der Waals surface area contributed by atoms with Gasteiger partial charge in [0.05, 0.1) is 12.6 Å². The third kappa shape index (κ3) is 5.09. The van der Waals surface area contributed by atoms with E-state index in [2.05, 4.69) is 28.5 Å². The zero-order valence-corrected chi connectivity index (χ0v) is 17.9. The molecule has 0 saturated carbocycles. The van der Waals surface area contributed by atoms with Crippen LogP contribution in [0.5, 0.6) is 0 Å². The Hall–Kier alpha value is -1.35. The monoisotopic (exact) mass is 472 g/mol. The van der Waals surface area contributed by atoms with Gasteiger partial charge < -0.3 is 20.7 Å². The quantitative estimate of drug-likeness (QED) is 0.401. The molecule has 3 N–H and O–H groups in total. The molecule has 2 unspecified atom stereocenters. The van der Waals surface area contributed by atoms with Crippen molar-refractivity contribution in [3.8, 4) is 0 Å². The number of guanidine groups is 1. The van der Waals surface area contributed by atoms with Crippen LogP contribution in [0.25, 0.3) is 0 Å². The van der Waals surface area contributed by atoms with Gasteiger partial charge >= 0.3 is 0 Å². The molecular weight excluding hydrogens is 443 g/mol. The molecule has 144 valence electrons. The van der Waals surface area contributed by atoms with Crippen molar-refractivity contribution in [1.29, 1.82) is 0 Å². The van der Waals surface area contributed by atoms with Gasteiger partial charge in [0, 0.05) is 19.8 Å². The summed E-state index contributed by atoms with van der Waals surface area (Å²) in [5.41, 5.74) is 9.90. The molecule has 2 aliphatic rings. The predicted octanol–water partition coefficient (Wildman–Crippen LogP) is 2.55. The summed E-state index contributed by atoms with van der Waals surface area (Å²) in [6, 6.07) is 6.32. The van der Waals surface area contributed by atoms with Crippen molar-refractivity contribution in [2.75, 3.05) is 26.0 Å². The maximum absolute atomic E-state index is 11.9. The van der Waals surface area contributed by atoms with Gasteiger partial charge in [-0.3, -0.25) is 9.79 Å². The number of halogens is 1. The van der Waals surface area contributed by atoms with Crippen LogP contribution >= 0.6 is 24.0 Å². The molecular formula is C19H29IN4O2. The second-order valence-electron chi connectivity index (χ2n) is 7.06. The van der Waals surface area contributed by atoms with Crippen LogP contribution in [0.4, 0.5) is 5.69 Å². The third-order valence-corrected chi connectivity index (χ3v) is 4.95. The molecule has 0 aromatic heterocycles. The molecule has 1 heterocycles. The van der Waals surface area contributed by atoms with Crippen LogP contribution in [0.2, 0.25) is 0 Å². The number of benzene rings is 1. The molecule has 1 aromatic carbocycles. The molecule has 0 bridgehead atoms. The average Bonchev–Trinajstić information content (AvgIpc) is 3.08. The number of nitrogens with two attached hydrogens (primary N) is 1. The summed E-state index contributed by atoms with van der Waals surface area (Å²) in [7, 11) is 3.50. The van der Waals surface area contributed by atoms with E-state index in [9.17, 15) is 4.79 Å². The fourth-order valence-electron chi connectivity index (χ4n) is 3.59. The van der Waals surface area contributed by atoms with Gasteiger partial charge in [-0.2, -0.15) is 0 Å². The second kappa shape index (κ2) is 9.55. The highest BCUT2D eigenvalue weighted by molar-refractivity contribution is 14.0. The molecule has 1 fully saturated rings. The minimum absolute atomic E-state index is 0. The topological polar surface area (TPSA) is 80.0 Å². The number of nitrogens with zero attached hydrogens (tertiary/aromatic N) is 2. The molecule has 1 aliphatic carbocycles. The van der Waals surface area contributed by atoms with E-state index in [4.69, 9.17) is 10.5 Å². The summed E-state index contributed by atoms with van der Waals surface area (Å²) in [6.07, 6.45) is 5.90. The Balaban J connectivity index is 0.00000243. The molecule has 2 atom stereocenters. The maximum atomic E-state index is 11.9. The van der Waals surface area contributed by atoms with Gasteiger partial charge in [-0.05, 0) is 55.7 Å². The number of nitrogens with one attached hydrogen (secondary N) is 1. The molecule has 1 aliphatic heterocycles. The zero-order valence-electron chi connectivity index (χ0n) is 15.5. The van der Waals surface area contributed by atoms with E-state index in [0.29, 0.717) is 12.5 Å². The van der Waals surface area contributed by atoms with Crippen LogP contribution in [0.3, 0.4) is 0 Å². The highest BCUT2D eigenvalue weighted by Gasteiger charge is 2.31. The van der Waals surface area contributed by atoms with Gasteiger partial charge in [0.1, 0.15) is 6.10 Å². The van der Waals surface area contributed by atoms with Crippen molar-refractivity contribution in [1.82, 2.24) is 4.90 Å². The first kappa shape index (κ1) is 21.0. The van der Waals surface area contributed by atoms with E-state index >= 15 is 0 Å². The fraction of sp³-hybridized carbons (Fsp3) is 0.579. The number of fused-ring (bicyclic) bond motifs is 1. The SMILES string of the molecule is CN(C)C(=O)C1CCC(CN=C(N)Nc2cccc3c2CCCC3)O1.I. The summed E-state index contributed by atoms with van der Waals surface area (Å²) < 4.78 is 5.79. The third-order valence-electron chi connectivity index (χ3n) is 4.95. The van der Waals surface area contributed by atoms with E-state index in [0.717, 1.165) is 31.4 Å². The number of anilines is 1. The molecule has 26 heavy (non-hydrogen) atoms. The Morgan fingerprint density at radius 1 is 1.31 bits per heavy atom. The average molecular weight is 472 g/mol. The number of hydrogen-bond acceptors (Lipinski definition) is 3. The number of amides is 1. The number of aliphatic imine (C=N–C) groups is 1. The Morgan fingerprint density at radius 3 is 2.85 bits per heavy atom. The minimum Gasteiger partial charge on any atom is -0.370 e. The summed E-state index contributed by atoms with van der Waals surface area (Å²) in [5, 5.41) is 3.24. The van der Waals surface area contributed by atoms with Crippen molar-refractivity contribution in [3.63, 3.8) is 0 Å². The smallest absolute Gasteiger partial charge is 0.251 e. The first-order valence-electron chi connectivity index (χ1n) is 9.09. The van der Waals surface area contributed by atoms with Gasteiger partial charge in [-0.15, -0.1) is 24.0 Å². The highest BCUT2D eigenvalue weighted by atomic mass is 127. The number of carbonyl (C=O) groups is 1. The maximum Gasteiger partial charge on any atom is 0.251 e. The van der Waals surface area contributed by atoms with Crippen molar-refractivity contribution in [3.05, 3.63) is 29.3 Å². The number of rotatable bonds is 4. The van der Waals surface area contributed by atoms with Gasteiger partial charge in [0.15, 0.2) is 5.96 Å². The molecule has 7 heteroatoms. The first-order valence-corrected chi connectivity index (χ1v) is 9.09. The molecule has 6 nitrogen and oxygen atoms in total. The first-order chi connectivity index (χ1) is 12.0. The summed E-state index contributed by atoms with van der Waals surface area (Å²) in [4.78, 5) is 17.9. The fourth-order valence-corrected chi connectivity index (χ4v) is 3.59. The van der Waals surface area contributed by atoms with Gasteiger partial charge in [-0.25, -0.2) is 0 Å². The number of hydrogen-bond donors (Lipinski definition) is 2. The van der Waals surface area contributed by atoms with Crippen LogP contribution in [-0.4, -0.2) is 49.6 Å². The molecule has 0 radical (unpaired) electrons. The zero-order chi connectivity index (χ0) is 17.8. The van der Waals surface area contributed by atoms with Crippen molar-refractivity contribution < 1.29 is 9.53 Å². The van der Waals surface area contributed by atoms with E-state index in [1.807, 2.05) is 0 Å². The van der Waals surface area contributed by atoms with Gasteiger partial charge in [0.25, 0.3) is 5.91 Å². The van der Waals surface area contributed by atoms with Crippen LogP contribution in [0.1, 0.15) is 36.8 Å². The van der Waals surface area contributed by atoms with Gasteiger partial charge in [0.2, 0.25) is 0 Å². The molecule has 3 rings (SSSR count). The Bertz CT molecular complexity index is 663. The molecule has 1 saturated heterocycles. The standard InChI is InChI=1S/C19H28N4O2.HI/c1-23(2)18(24)17-11-10-14(25-17)12-21-19(20)22-16-9-5-7-13-6-3-4-8-15(13)16;/h5,7,9,14,17H,3-4,6,8,10-12H2,1-2H3,(H3,20,21,22);1H. The lowest BCUT2D eigenvalue weighted by atomic mass is 9.90. The molecule has 1 aromatic rings. The number of ether oxygens (including phenoxy) is 1. The van der Waals surface area contributed by atoms with E-state index in [1.54, 1.807) is 19.0 Å². The summed E-state index contributed by atoms with van der Waals surface area (Å²) in [6.45, 7) is 0.477. The highest BCUT2D eigenvalue weighted by Crippen LogP contribution is 2.27. The molecule has 0 spiro atoms. The number of likely N-dealkylation sites (N-methyl/N-ethyl adjacent to an activating group) is 1. The van der Waals surface area contributed by atoms with Gasteiger partial charge in [-0.1, -0.05) is 12.1 Å².